The second-order valence-electron chi connectivity index (χ2n) is 5.57. The third-order valence-electron chi connectivity index (χ3n) is 3.04. The van der Waals surface area contributed by atoms with E-state index in [1.165, 1.54) is 5.01 Å². The Kier molecular flexibility index (Phi) is 11.0. The van der Waals surface area contributed by atoms with Crippen molar-refractivity contribution in [3.05, 3.63) is 16.1 Å². The molecule has 0 saturated carbocycles. The minimum Gasteiger partial charge on any atom is -0.377 e. The average Bonchev–Trinajstić information content (AvgIpc) is 2.86. The predicted octanol–water partition coefficient (Wildman–Crippen LogP) is 2.98. The summed E-state index contributed by atoms with van der Waals surface area (Å²) in [7, 11) is 1.71. The molecule has 5 nitrogen and oxygen atoms in total. The van der Waals surface area contributed by atoms with E-state index in [4.69, 9.17) is 4.74 Å². The maximum atomic E-state index is 5.38. The first-order valence-corrected chi connectivity index (χ1v) is 8.33. The van der Waals surface area contributed by atoms with Gasteiger partial charge < -0.3 is 15.4 Å². The summed E-state index contributed by atoms with van der Waals surface area (Å²) >= 11 is 1.73. The molecule has 0 saturated heterocycles. The molecule has 0 aromatic carbocycles. The van der Waals surface area contributed by atoms with Gasteiger partial charge in [0.2, 0.25) is 0 Å². The molecule has 0 fully saturated rings. The SMILES string of the molecule is CCNC(=NCC(C)(C)OC)NCCCc1nc(C)cs1.I. The van der Waals surface area contributed by atoms with Crippen molar-refractivity contribution in [1.82, 2.24) is 15.6 Å². The second-order valence-corrected chi connectivity index (χ2v) is 6.51. The monoisotopic (exact) mass is 440 g/mol. The number of rotatable bonds is 8. The lowest BCUT2D eigenvalue weighted by Gasteiger charge is -2.21. The molecule has 0 amide bonds. The van der Waals surface area contributed by atoms with Gasteiger partial charge in [-0.3, -0.25) is 4.99 Å². The molecule has 1 aromatic heterocycles. The van der Waals surface area contributed by atoms with Crippen molar-refractivity contribution < 1.29 is 4.74 Å². The maximum absolute atomic E-state index is 5.38. The van der Waals surface area contributed by atoms with Crippen molar-refractivity contribution in [3.8, 4) is 0 Å². The lowest BCUT2D eigenvalue weighted by molar-refractivity contribution is 0.0310. The minimum absolute atomic E-state index is 0. The molecule has 1 rings (SSSR count). The first-order valence-electron chi connectivity index (χ1n) is 7.45. The zero-order valence-corrected chi connectivity index (χ0v) is 17.4. The molecule has 22 heavy (non-hydrogen) atoms. The molecule has 0 aliphatic heterocycles. The standard InChI is InChI=1S/C15H28N4OS.HI/c1-6-16-14(18-11-15(3,4)20-5)17-9-7-8-13-19-12(2)10-21-13;/h10H,6-9,11H2,1-5H3,(H2,16,17,18);1H. The fraction of sp³-hybridized carbons (Fsp3) is 0.733. The van der Waals surface area contributed by atoms with E-state index in [1.54, 1.807) is 18.4 Å². The van der Waals surface area contributed by atoms with Crippen LogP contribution in [-0.2, 0) is 11.2 Å². The van der Waals surface area contributed by atoms with Gasteiger partial charge in [-0.2, -0.15) is 0 Å². The number of methoxy groups -OCH3 is 1. The van der Waals surface area contributed by atoms with Crippen molar-refractivity contribution in [2.45, 2.75) is 46.1 Å². The third-order valence-corrected chi connectivity index (χ3v) is 4.07. The normalized spacial score (nSPS) is 12.0. The quantitative estimate of drug-likeness (QED) is 0.283. The number of hydrogen-bond donors (Lipinski definition) is 2. The van der Waals surface area contributed by atoms with Crippen LogP contribution in [0.25, 0.3) is 0 Å². The van der Waals surface area contributed by atoms with E-state index in [9.17, 15) is 0 Å². The van der Waals surface area contributed by atoms with Crippen molar-refractivity contribution in [2.75, 3.05) is 26.7 Å². The molecular formula is C15H29IN4OS. The zero-order valence-electron chi connectivity index (χ0n) is 14.2. The van der Waals surface area contributed by atoms with Crippen molar-refractivity contribution >= 4 is 41.3 Å². The van der Waals surface area contributed by atoms with Crippen LogP contribution in [0.4, 0.5) is 0 Å². The number of aryl methyl sites for hydroxylation is 2. The van der Waals surface area contributed by atoms with Crippen LogP contribution in [0.1, 0.15) is 37.9 Å². The lowest BCUT2D eigenvalue weighted by Crippen LogP contribution is -2.39. The Labute approximate surface area is 155 Å². The number of aliphatic imine (C=N–C) groups is 1. The van der Waals surface area contributed by atoms with Gasteiger partial charge in [-0.25, -0.2) is 4.98 Å². The van der Waals surface area contributed by atoms with E-state index < -0.39 is 0 Å². The van der Waals surface area contributed by atoms with E-state index >= 15 is 0 Å². The number of nitrogens with zero attached hydrogens (tertiary/aromatic N) is 2. The van der Waals surface area contributed by atoms with Crippen LogP contribution < -0.4 is 10.6 Å². The van der Waals surface area contributed by atoms with Gasteiger partial charge in [-0.05, 0) is 34.1 Å². The summed E-state index contributed by atoms with van der Waals surface area (Å²) in [5.41, 5.74) is 0.875. The van der Waals surface area contributed by atoms with Crippen LogP contribution in [0, 0.1) is 6.92 Å². The lowest BCUT2D eigenvalue weighted by atomic mass is 10.1. The number of guanidine groups is 1. The van der Waals surface area contributed by atoms with Gasteiger partial charge in [0, 0.05) is 37.7 Å². The molecule has 2 N–H and O–H groups in total. The Balaban J connectivity index is 0.00000441. The second kappa shape index (κ2) is 11.2. The van der Waals surface area contributed by atoms with E-state index in [0.717, 1.165) is 37.6 Å². The number of thiazole rings is 1. The van der Waals surface area contributed by atoms with Crippen LogP contribution in [0.5, 0.6) is 0 Å². The Morgan fingerprint density at radius 3 is 2.68 bits per heavy atom. The molecule has 0 radical (unpaired) electrons. The summed E-state index contributed by atoms with van der Waals surface area (Å²) in [4.78, 5) is 9.03. The van der Waals surface area contributed by atoms with Gasteiger partial charge in [-0.1, -0.05) is 0 Å². The largest absolute Gasteiger partial charge is 0.377 e. The average molecular weight is 440 g/mol. The van der Waals surface area contributed by atoms with E-state index in [1.807, 2.05) is 20.8 Å². The molecule has 0 aliphatic rings. The minimum atomic E-state index is -0.235. The first kappa shape index (κ1) is 21.6. The van der Waals surface area contributed by atoms with Crippen LogP contribution in [0.3, 0.4) is 0 Å². The van der Waals surface area contributed by atoms with Crippen molar-refractivity contribution in [3.63, 3.8) is 0 Å². The summed E-state index contributed by atoms with van der Waals surface area (Å²) in [6.07, 6.45) is 2.06. The third kappa shape index (κ3) is 8.89. The molecule has 128 valence electrons. The highest BCUT2D eigenvalue weighted by Crippen LogP contribution is 2.10. The fourth-order valence-electron chi connectivity index (χ4n) is 1.64. The van der Waals surface area contributed by atoms with Gasteiger partial charge in [0.05, 0.1) is 17.2 Å². The Bertz CT molecular complexity index is 449. The summed E-state index contributed by atoms with van der Waals surface area (Å²) in [6.45, 7) is 10.5. The fourth-order valence-corrected chi connectivity index (χ4v) is 2.46. The summed E-state index contributed by atoms with van der Waals surface area (Å²) < 4.78 is 5.38. The van der Waals surface area contributed by atoms with Crippen LogP contribution in [-0.4, -0.2) is 43.3 Å². The number of ether oxygens (including phenoxy) is 1. The Morgan fingerprint density at radius 2 is 2.14 bits per heavy atom. The van der Waals surface area contributed by atoms with Gasteiger partial charge in [0.25, 0.3) is 0 Å². The number of hydrogen-bond acceptors (Lipinski definition) is 4. The highest BCUT2D eigenvalue weighted by atomic mass is 127. The summed E-state index contributed by atoms with van der Waals surface area (Å²) in [5, 5.41) is 9.91. The highest BCUT2D eigenvalue weighted by molar-refractivity contribution is 14.0. The van der Waals surface area contributed by atoms with Crippen LogP contribution >= 0.6 is 35.3 Å². The summed E-state index contributed by atoms with van der Waals surface area (Å²) in [6, 6.07) is 0. The van der Waals surface area contributed by atoms with Crippen molar-refractivity contribution in [1.29, 1.82) is 0 Å². The molecule has 0 unspecified atom stereocenters. The first-order chi connectivity index (χ1) is 9.96. The van der Waals surface area contributed by atoms with Crippen LogP contribution in [0.15, 0.2) is 10.4 Å². The number of halogens is 1. The van der Waals surface area contributed by atoms with Crippen molar-refractivity contribution in [2.24, 2.45) is 4.99 Å². The molecule has 0 atom stereocenters. The van der Waals surface area contributed by atoms with Gasteiger partial charge in [0.15, 0.2) is 5.96 Å². The summed E-state index contributed by atoms with van der Waals surface area (Å²) in [5.74, 6) is 0.845. The van der Waals surface area contributed by atoms with E-state index in [2.05, 4.69) is 32.9 Å². The Morgan fingerprint density at radius 1 is 1.41 bits per heavy atom. The van der Waals surface area contributed by atoms with Gasteiger partial charge in [0.1, 0.15) is 0 Å². The van der Waals surface area contributed by atoms with Gasteiger partial charge in [-0.15, -0.1) is 35.3 Å². The maximum Gasteiger partial charge on any atom is 0.191 e. The zero-order chi connectivity index (χ0) is 15.7. The van der Waals surface area contributed by atoms with E-state index in [0.29, 0.717) is 6.54 Å². The molecule has 1 heterocycles. The molecular weight excluding hydrogens is 411 g/mol. The highest BCUT2D eigenvalue weighted by Gasteiger charge is 2.15. The smallest absolute Gasteiger partial charge is 0.191 e. The van der Waals surface area contributed by atoms with Gasteiger partial charge >= 0.3 is 0 Å². The molecule has 0 aliphatic carbocycles. The predicted molar refractivity (Wildman–Crippen MR) is 106 cm³/mol. The number of aromatic nitrogens is 1. The number of nitrogens with one attached hydrogen (secondary N) is 2. The molecule has 0 bridgehead atoms. The molecule has 7 heteroatoms. The topological polar surface area (TPSA) is 58.5 Å². The van der Waals surface area contributed by atoms with Crippen LogP contribution in [0.2, 0.25) is 0 Å². The Hall–Kier alpha value is -0.410. The molecule has 1 aromatic rings. The molecule has 0 spiro atoms. The van der Waals surface area contributed by atoms with E-state index in [-0.39, 0.29) is 29.6 Å².